The first-order valence-corrected chi connectivity index (χ1v) is 8.37. The van der Waals surface area contributed by atoms with Crippen molar-refractivity contribution < 1.29 is 12.8 Å². The third kappa shape index (κ3) is 3.38. The topological polar surface area (TPSA) is 71.3 Å². The molecule has 1 unspecified atom stereocenters. The van der Waals surface area contributed by atoms with Crippen LogP contribution >= 0.6 is 0 Å². The van der Waals surface area contributed by atoms with E-state index in [9.17, 15) is 8.42 Å². The summed E-state index contributed by atoms with van der Waals surface area (Å²) in [6.45, 7) is 2.51. The molecule has 2 aliphatic carbocycles. The van der Waals surface area contributed by atoms with Gasteiger partial charge < -0.3 is 9.73 Å². The molecule has 3 rings (SSSR count). The molecule has 1 atom stereocenters. The molecular weight excluding hydrogens is 264 g/mol. The molecule has 0 aliphatic heterocycles. The van der Waals surface area contributed by atoms with E-state index in [4.69, 9.17) is 4.42 Å². The molecule has 0 aromatic carbocycles. The average molecular weight is 284 g/mol. The minimum atomic E-state index is -3.51. The lowest BCUT2D eigenvalue weighted by molar-refractivity contribution is 0.396. The SMILES string of the molecule is CC(NS(=O)(=O)c1ccc(CNC2CC2)o1)C1CC1. The van der Waals surface area contributed by atoms with E-state index in [0.29, 0.717) is 24.3 Å². The highest BCUT2D eigenvalue weighted by molar-refractivity contribution is 7.89. The van der Waals surface area contributed by atoms with E-state index in [2.05, 4.69) is 10.0 Å². The minimum absolute atomic E-state index is 0.0110. The standard InChI is InChI=1S/C13H20N2O3S/c1-9(10-2-3-10)15-19(16,17)13-7-6-12(18-13)8-14-11-4-5-11/h6-7,9-11,14-15H,2-5,8H2,1H3. The Morgan fingerprint density at radius 2 is 2.05 bits per heavy atom. The lowest BCUT2D eigenvalue weighted by Gasteiger charge is -2.11. The Hall–Kier alpha value is -0.850. The highest BCUT2D eigenvalue weighted by Crippen LogP contribution is 2.33. The predicted molar refractivity (Wildman–Crippen MR) is 71.1 cm³/mol. The fourth-order valence-electron chi connectivity index (χ4n) is 2.13. The molecule has 19 heavy (non-hydrogen) atoms. The molecule has 0 bridgehead atoms. The molecule has 0 saturated heterocycles. The smallest absolute Gasteiger partial charge is 0.274 e. The molecule has 2 saturated carbocycles. The Labute approximate surface area is 113 Å². The second-order valence-corrected chi connectivity index (χ2v) is 7.27. The van der Waals surface area contributed by atoms with Crippen LogP contribution in [0.25, 0.3) is 0 Å². The number of hydrogen-bond acceptors (Lipinski definition) is 4. The summed E-state index contributed by atoms with van der Waals surface area (Å²) in [5.74, 6) is 1.16. The zero-order valence-corrected chi connectivity index (χ0v) is 11.9. The van der Waals surface area contributed by atoms with Crippen molar-refractivity contribution >= 4 is 10.0 Å². The molecule has 0 amide bonds. The monoisotopic (exact) mass is 284 g/mol. The van der Waals surface area contributed by atoms with Crippen LogP contribution in [0.15, 0.2) is 21.6 Å². The molecule has 106 valence electrons. The molecule has 2 aliphatic rings. The molecule has 2 N–H and O–H groups in total. The van der Waals surface area contributed by atoms with Gasteiger partial charge in [-0.05, 0) is 50.7 Å². The van der Waals surface area contributed by atoms with Crippen molar-refractivity contribution in [3.8, 4) is 0 Å². The molecule has 2 fully saturated rings. The normalized spacial score (nSPS) is 21.5. The third-order valence-electron chi connectivity index (χ3n) is 3.71. The number of sulfonamides is 1. The van der Waals surface area contributed by atoms with Gasteiger partial charge in [0.2, 0.25) is 5.09 Å². The lowest BCUT2D eigenvalue weighted by Crippen LogP contribution is -2.33. The Morgan fingerprint density at radius 1 is 1.32 bits per heavy atom. The van der Waals surface area contributed by atoms with E-state index in [1.54, 1.807) is 6.07 Å². The second-order valence-electron chi connectivity index (χ2n) is 5.62. The van der Waals surface area contributed by atoms with Crippen LogP contribution in [-0.2, 0) is 16.6 Å². The van der Waals surface area contributed by atoms with Crippen LogP contribution < -0.4 is 10.0 Å². The Kier molecular flexibility index (Phi) is 3.41. The summed E-state index contributed by atoms with van der Waals surface area (Å²) in [5.41, 5.74) is 0. The van der Waals surface area contributed by atoms with Crippen molar-refractivity contribution in [2.75, 3.05) is 0 Å². The average Bonchev–Trinajstić information content (AvgIpc) is 3.25. The maximum absolute atomic E-state index is 12.1. The Morgan fingerprint density at radius 3 is 2.68 bits per heavy atom. The molecule has 1 heterocycles. The van der Waals surface area contributed by atoms with Crippen molar-refractivity contribution in [1.82, 2.24) is 10.0 Å². The summed E-state index contributed by atoms with van der Waals surface area (Å²) in [4.78, 5) is 0. The van der Waals surface area contributed by atoms with Crippen molar-refractivity contribution in [3.05, 3.63) is 17.9 Å². The van der Waals surface area contributed by atoms with Gasteiger partial charge >= 0.3 is 0 Å². The van der Waals surface area contributed by atoms with Gasteiger partial charge in [0.05, 0.1) is 6.54 Å². The summed E-state index contributed by atoms with van der Waals surface area (Å²) in [6.07, 6.45) is 4.62. The van der Waals surface area contributed by atoms with Gasteiger partial charge in [-0.25, -0.2) is 13.1 Å². The molecular formula is C13H20N2O3S. The summed E-state index contributed by atoms with van der Waals surface area (Å²) in [7, 11) is -3.51. The van der Waals surface area contributed by atoms with Crippen LogP contribution in [0.3, 0.4) is 0 Å². The molecule has 1 aromatic heterocycles. The summed E-state index contributed by atoms with van der Waals surface area (Å²) in [6, 6.07) is 3.83. The van der Waals surface area contributed by atoms with Crippen molar-refractivity contribution in [1.29, 1.82) is 0 Å². The fourth-order valence-corrected chi connectivity index (χ4v) is 3.39. The molecule has 1 aromatic rings. The first-order chi connectivity index (χ1) is 9.04. The van der Waals surface area contributed by atoms with Crippen LogP contribution in [0.2, 0.25) is 0 Å². The van der Waals surface area contributed by atoms with E-state index in [0.717, 1.165) is 12.8 Å². The summed E-state index contributed by atoms with van der Waals surface area (Å²) >= 11 is 0. The number of rotatable bonds is 7. The first kappa shape index (κ1) is 13.1. The number of nitrogens with one attached hydrogen (secondary N) is 2. The fraction of sp³-hybridized carbons (Fsp3) is 0.692. The van der Waals surface area contributed by atoms with Gasteiger partial charge in [0, 0.05) is 12.1 Å². The van der Waals surface area contributed by atoms with E-state index < -0.39 is 10.0 Å². The Balaban J connectivity index is 1.62. The van der Waals surface area contributed by atoms with Crippen molar-refractivity contribution in [2.24, 2.45) is 5.92 Å². The van der Waals surface area contributed by atoms with Gasteiger partial charge in [-0.1, -0.05) is 0 Å². The molecule has 5 nitrogen and oxygen atoms in total. The van der Waals surface area contributed by atoms with Gasteiger partial charge in [0.1, 0.15) is 5.76 Å². The van der Waals surface area contributed by atoms with E-state index in [1.165, 1.54) is 18.9 Å². The Bertz CT molecular complexity index is 544. The largest absolute Gasteiger partial charge is 0.447 e. The van der Waals surface area contributed by atoms with Crippen molar-refractivity contribution in [2.45, 2.75) is 56.3 Å². The van der Waals surface area contributed by atoms with Crippen LogP contribution in [-0.4, -0.2) is 20.5 Å². The maximum Gasteiger partial charge on any atom is 0.274 e. The first-order valence-electron chi connectivity index (χ1n) is 6.89. The lowest BCUT2D eigenvalue weighted by atomic mass is 10.2. The zero-order valence-electron chi connectivity index (χ0n) is 11.1. The maximum atomic E-state index is 12.1. The van der Waals surface area contributed by atoms with E-state index in [1.807, 2.05) is 6.92 Å². The van der Waals surface area contributed by atoms with E-state index >= 15 is 0 Å². The van der Waals surface area contributed by atoms with E-state index in [-0.39, 0.29) is 11.1 Å². The van der Waals surface area contributed by atoms with Gasteiger partial charge in [-0.2, -0.15) is 0 Å². The van der Waals surface area contributed by atoms with Gasteiger partial charge in [-0.3, -0.25) is 0 Å². The third-order valence-corrected chi connectivity index (χ3v) is 5.15. The molecule has 6 heteroatoms. The van der Waals surface area contributed by atoms with Crippen molar-refractivity contribution in [3.63, 3.8) is 0 Å². The number of hydrogen-bond donors (Lipinski definition) is 2. The van der Waals surface area contributed by atoms with Crippen LogP contribution in [0.5, 0.6) is 0 Å². The molecule has 0 radical (unpaired) electrons. The summed E-state index contributed by atoms with van der Waals surface area (Å²) in [5, 5.41) is 3.32. The van der Waals surface area contributed by atoms with Crippen LogP contribution in [0.1, 0.15) is 38.4 Å². The second kappa shape index (κ2) is 4.92. The predicted octanol–water partition coefficient (Wildman–Crippen LogP) is 1.61. The minimum Gasteiger partial charge on any atom is -0.447 e. The zero-order chi connectivity index (χ0) is 13.5. The van der Waals surface area contributed by atoms with Crippen LogP contribution in [0.4, 0.5) is 0 Å². The quantitative estimate of drug-likeness (QED) is 0.798. The highest BCUT2D eigenvalue weighted by atomic mass is 32.2. The number of furan rings is 1. The summed E-state index contributed by atoms with van der Waals surface area (Å²) < 4.78 is 32.3. The van der Waals surface area contributed by atoms with Gasteiger partial charge in [0.25, 0.3) is 10.0 Å². The van der Waals surface area contributed by atoms with Gasteiger partial charge in [-0.15, -0.1) is 0 Å². The molecule has 0 spiro atoms. The van der Waals surface area contributed by atoms with Gasteiger partial charge in [0.15, 0.2) is 0 Å². The van der Waals surface area contributed by atoms with Crippen LogP contribution in [0, 0.1) is 5.92 Å². The highest BCUT2D eigenvalue weighted by Gasteiger charge is 2.32.